The van der Waals surface area contributed by atoms with Crippen LogP contribution < -0.4 is 5.32 Å². The Morgan fingerprint density at radius 3 is 2.73 bits per heavy atom. The van der Waals surface area contributed by atoms with E-state index >= 15 is 0 Å². The summed E-state index contributed by atoms with van der Waals surface area (Å²) in [4.78, 5) is 0. The molecular weight excluding hydrogens is 186 g/mol. The molecule has 1 aromatic rings. The van der Waals surface area contributed by atoms with Crippen LogP contribution in [0.15, 0.2) is 22.8 Å². The van der Waals surface area contributed by atoms with Crippen molar-refractivity contribution in [3.05, 3.63) is 24.2 Å². The van der Waals surface area contributed by atoms with Crippen molar-refractivity contribution in [2.24, 2.45) is 5.92 Å². The minimum atomic E-state index is 0.616. The van der Waals surface area contributed by atoms with Crippen LogP contribution in [0.4, 0.5) is 0 Å². The third-order valence-electron chi connectivity index (χ3n) is 3.08. The lowest BCUT2D eigenvalue weighted by molar-refractivity contribution is 0.345. The Hall–Kier alpha value is -0.760. The first-order valence-corrected chi connectivity index (χ1v) is 6.03. The highest BCUT2D eigenvalue weighted by atomic mass is 16.3. The zero-order valence-corrected chi connectivity index (χ0v) is 10.1. The van der Waals surface area contributed by atoms with Crippen molar-refractivity contribution in [1.29, 1.82) is 0 Å². The monoisotopic (exact) mass is 209 g/mol. The van der Waals surface area contributed by atoms with E-state index in [4.69, 9.17) is 4.42 Å². The molecule has 0 aliphatic rings. The Balaban J connectivity index is 2.37. The molecule has 0 radical (unpaired) electrons. The van der Waals surface area contributed by atoms with Crippen LogP contribution >= 0.6 is 0 Å². The summed E-state index contributed by atoms with van der Waals surface area (Å²) in [5.74, 6) is 1.83. The van der Waals surface area contributed by atoms with Gasteiger partial charge in [0.15, 0.2) is 0 Å². The molecule has 0 saturated carbocycles. The molecule has 1 heterocycles. The van der Waals surface area contributed by atoms with Crippen molar-refractivity contribution in [1.82, 2.24) is 5.32 Å². The molecule has 1 N–H and O–H groups in total. The lowest BCUT2D eigenvalue weighted by Gasteiger charge is -2.23. The Morgan fingerprint density at radius 1 is 1.40 bits per heavy atom. The molecule has 2 nitrogen and oxygen atoms in total. The first kappa shape index (κ1) is 12.3. The number of furan rings is 1. The fourth-order valence-electron chi connectivity index (χ4n) is 1.89. The van der Waals surface area contributed by atoms with Crippen molar-refractivity contribution in [3.63, 3.8) is 0 Å². The largest absolute Gasteiger partial charge is 0.469 e. The van der Waals surface area contributed by atoms with Crippen LogP contribution in [0.1, 0.15) is 39.4 Å². The molecule has 0 fully saturated rings. The van der Waals surface area contributed by atoms with E-state index < -0.39 is 0 Å². The van der Waals surface area contributed by atoms with E-state index in [1.54, 1.807) is 6.26 Å². The minimum Gasteiger partial charge on any atom is -0.469 e. The molecular formula is C13H23NO. The van der Waals surface area contributed by atoms with Gasteiger partial charge in [0, 0.05) is 12.5 Å². The fraction of sp³-hybridized carbons (Fsp3) is 0.692. The summed E-state index contributed by atoms with van der Waals surface area (Å²) in [7, 11) is 0. The maximum atomic E-state index is 5.35. The van der Waals surface area contributed by atoms with Crippen LogP contribution in [0.25, 0.3) is 0 Å². The molecule has 1 rings (SSSR count). The van der Waals surface area contributed by atoms with Gasteiger partial charge < -0.3 is 9.73 Å². The van der Waals surface area contributed by atoms with Gasteiger partial charge in [0.1, 0.15) is 5.76 Å². The number of hydrogen-bond donors (Lipinski definition) is 1. The van der Waals surface area contributed by atoms with Gasteiger partial charge in [0.05, 0.1) is 6.26 Å². The van der Waals surface area contributed by atoms with Crippen LogP contribution in [0.5, 0.6) is 0 Å². The van der Waals surface area contributed by atoms with E-state index in [-0.39, 0.29) is 0 Å². The molecule has 15 heavy (non-hydrogen) atoms. The number of nitrogens with one attached hydrogen (secondary N) is 1. The molecule has 0 amide bonds. The Labute approximate surface area is 93.1 Å². The fourth-order valence-corrected chi connectivity index (χ4v) is 1.89. The van der Waals surface area contributed by atoms with Gasteiger partial charge in [-0.1, -0.05) is 27.2 Å². The molecule has 0 bridgehead atoms. The van der Waals surface area contributed by atoms with Crippen molar-refractivity contribution < 1.29 is 4.42 Å². The van der Waals surface area contributed by atoms with E-state index in [0.717, 1.165) is 31.1 Å². The summed E-state index contributed by atoms with van der Waals surface area (Å²) in [5.41, 5.74) is 0. The van der Waals surface area contributed by atoms with Crippen LogP contribution in [-0.2, 0) is 6.42 Å². The van der Waals surface area contributed by atoms with Gasteiger partial charge in [-0.3, -0.25) is 0 Å². The van der Waals surface area contributed by atoms with E-state index in [0.29, 0.717) is 6.04 Å². The van der Waals surface area contributed by atoms with Crippen LogP contribution in [-0.4, -0.2) is 12.6 Å². The zero-order chi connectivity index (χ0) is 11.1. The minimum absolute atomic E-state index is 0.616. The highest BCUT2D eigenvalue weighted by molar-refractivity contribution is 4.98. The molecule has 0 saturated heterocycles. The number of aryl methyl sites for hydroxylation is 1. The predicted octanol–water partition coefficient (Wildman–Crippen LogP) is 3.24. The molecule has 2 unspecified atom stereocenters. The van der Waals surface area contributed by atoms with Gasteiger partial charge in [0.2, 0.25) is 0 Å². The van der Waals surface area contributed by atoms with Gasteiger partial charge in [-0.25, -0.2) is 0 Å². The lowest BCUT2D eigenvalue weighted by Crippen LogP contribution is -2.35. The topological polar surface area (TPSA) is 25.2 Å². The molecule has 0 aliphatic heterocycles. The second-order valence-corrected chi connectivity index (χ2v) is 4.17. The Morgan fingerprint density at radius 2 is 2.20 bits per heavy atom. The molecule has 1 aromatic heterocycles. The second kappa shape index (κ2) is 6.67. The van der Waals surface area contributed by atoms with Gasteiger partial charge in [-0.15, -0.1) is 0 Å². The number of hydrogen-bond acceptors (Lipinski definition) is 2. The normalized spacial score (nSPS) is 15.1. The highest BCUT2D eigenvalue weighted by Gasteiger charge is 2.14. The summed E-state index contributed by atoms with van der Waals surface area (Å²) in [6.45, 7) is 7.78. The summed E-state index contributed by atoms with van der Waals surface area (Å²) < 4.78 is 5.35. The van der Waals surface area contributed by atoms with Gasteiger partial charge in [0.25, 0.3) is 0 Å². The van der Waals surface area contributed by atoms with Crippen molar-refractivity contribution in [2.45, 2.75) is 46.1 Å². The van der Waals surface area contributed by atoms with Gasteiger partial charge in [-0.05, 0) is 31.0 Å². The Kier molecular flexibility index (Phi) is 5.48. The molecule has 2 atom stereocenters. The molecule has 2 heteroatoms. The SMILES string of the molecule is CCNC(CCc1ccco1)C(C)CC. The third kappa shape index (κ3) is 4.08. The maximum Gasteiger partial charge on any atom is 0.103 e. The van der Waals surface area contributed by atoms with Gasteiger partial charge >= 0.3 is 0 Å². The predicted molar refractivity (Wildman–Crippen MR) is 63.9 cm³/mol. The zero-order valence-electron chi connectivity index (χ0n) is 10.1. The summed E-state index contributed by atoms with van der Waals surface area (Å²) in [6.07, 6.45) is 5.18. The molecule has 86 valence electrons. The van der Waals surface area contributed by atoms with E-state index in [1.165, 1.54) is 6.42 Å². The first-order valence-electron chi connectivity index (χ1n) is 6.03. The van der Waals surface area contributed by atoms with E-state index in [2.05, 4.69) is 32.2 Å². The molecule has 0 aromatic carbocycles. The standard InChI is InChI=1S/C13H23NO/c1-4-11(3)13(14-5-2)9-8-12-7-6-10-15-12/h6-7,10-11,13-14H,4-5,8-9H2,1-3H3. The van der Waals surface area contributed by atoms with Crippen LogP contribution in [0, 0.1) is 5.92 Å². The van der Waals surface area contributed by atoms with Crippen LogP contribution in [0.3, 0.4) is 0 Å². The van der Waals surface area contributed by atoms with Crippen molar-refractivity contribution in [3.8, 4) is 0 Å². The maximum absolute atomic E-state index is 5.35. The van der Waals surface area contributed by atoms with Gasteiger partial charge in [-0.2, -0.15) is 0 Å². The molecule has 0 aliphatic carbocycles. The smallest absolute Gasteiger partial charge is 0.103 e. The quantitative estimate of drug-likeness (QED) is 0.745. The summed E-state index contributed by atoms with van der Waals surface area (Å²) in [6, 6.07) is 4.63. The van der Waals surface area contributed by atoms with Crippen molar-refractivity contribution >= 4 is 0 Å². The van der Waals surface area contributed by atoms with E-state index in [1.807, 2.05) is 6.07 Å². The third-order valence-corrected chi connectivity index (χ3v) is 3.08. The first-order chi connectivity index (χ1) is 7.27. The second-order valence-electron chi connectivity index (χ2n) is 4.17. The highest BCUT2D eigenvalue weighted by Crippen LogP contribution is 2.14. The van der Waals surface area contributed by atoms with E-state index in [9.17, 15) is 0 Å². The lowest BCUT2D eigenvalue weighted by atomic mass is 9.94. The summed E-state index contributed by atoms with van der Waals surface area (Å²) in [5, 5.41) is 3.55. The van der Waals surface area contributed by atoms with Crippen molar-refractivity contribution in [2.75, 3.05) is 6.54 Å². The van der Waals surface area contributed by atoms with Crippen LogP contribution in [0.2, 0.25) is 0 Å². The summed E-state index contributed by atoms with van der Waals surface area (Å²) >= 11 is 0. The Bertz CT molecular complexity index is 243. The average Bonchev–Trinajstić information content (AvgIpc) is 2.76. The number of rotatable bonds is 7. The average molecular weight is 209 g/mol. The molecule has 0 spiro atoms.